The van der Waals surface area contributed by atoms with Crippen LogP contribution in [0.5, 0.6) is 0 Å². The highest BCUT2D eigenvalue weighted by atomic mass is 35.5. The van der Waals surface area contributed by atoms with Crippen molar-refractivity contribution in [2.45, 2.75) is 57.7 Å². The Bertz CT molecular complexity index is 2640. The van der Waals surface area contributed by atoms with Crippen LogP contribution in [0.3, 0.4) is 0 Å². The number of ether oxygens (including phenoxy) is 1. The van der Waals surface area contributed by atoms with Crippen molar-refractivity contribution in [3.63, 3.8) is 0 Å². The molecule has 0 spiro atoms. The van der Waals surface area contributed by atoms with E-state index in [1.165, 1.54) is 12.1 Å². The van der Waals surface area contributed by atoms with Crippen LogP contribution in [0.2, 0.25) is 5.02 Å². The summed E-state index contributed by atoms with van der Waals surface area (Å²) in [7, 11) is 0. The number of benzene rings is 3. The van der Waals surface area contributed by atoms with Crippen molar-refractivity contribution >= 4 is 74.9 Å². The zero-order valence-corrected chi connectivity index (χ0v) is 32.5. The first kappa shape index (κ1) is 38.1. The van der Waals surface area contributed by atoms with Crippen LogP contribution in [0.1, 0.15) is 59.4 Å². The first-order valence-electron chi connectivity index (χ1n) is 19.5. The van der Waals surface area contributed by atoms with Crippen molar-refractivity contribution in [2.24, 2.45) is 0 Å². The van der Waals surface area contributed by atoms with Gasteiger partial charge in [-0.3, -0.25) is 29.1 Å². The van der Waals surface area contributed by atoms with Gasteiger partial charge < -0.3 is 30.2 Å². The van der Waals surface area contributed by atoms with Crippen LogP contribution in [0.15, 0.2) is 60.9 Å². The highest BCUT2D eigenvalue weighted by Crippen LogP contribution is 2.32. The van der Waals surface area contributed by atoms with Gasteiger partial charge in [0.15, 0.2) is 17.0 Å². The standard InChI is InChI=1S/C41H39ClFN11O5/c42-28-18-30-31(19-29(28)48-34(55)10-2-1-5-23-6-3-9-26-27(23)21-53(40(26)58)32-11-12-35(56)49-39(32)57)47-33(46-30)20-44-37-36-38(51-41(50-37)52-13-15-59-16-14-52)54(22-45-36)25-8-4-7-24(43)17-25/h3-4,6-9,17-19,22,32H,1-2,5,10-16,20-21H2,(H,46,47)(H,48,55)(H,44,50,51)(H,49,56,57). The van der Waals surface area contributed by atoms with Gasteiger partial charge in [0.25, 0.3) is 5.91 Å². The lowest BCUT2D eigenvalue weighted by Gasteiger charge is -2.29. The third kappa shape index (κ3) is 7.78. The third-order valence-electron chi connectivity index (χ3n) is 10.9. The molecule has 2 fully saturated rings. The van der Waals surface area contributed by atoms with Crippen molar-refractivity contribution in [3.8, 4) is 5.69 Å². The zero-order valence-electron chi connectivity index (χ0n) is 31.8. The molecule has 4 N–H and O–H groups in total. The van der Waals surface area contributed by atoms with Crippen LogP contribution in [-0.4, -0.2) is 90.4 Å². The smallest absolute Gasteiger partial charge is 0.255 e. The number of H-pyrrole nitrogens is 1. The molecule has 0 bridgehead atoms. The molecule has 3 aromatic heterocycles. The minimum absolute atomic E-state index is 0.192. The summed E-state index contributed by atoms with van der Waals surface area (Å²) >= 11 is 6.62. The second kappa shape index (κ2) is 16.1. The minimum atomic E-state index is -0.670. The normalized spacial score (nSPS) is 16.8. The van der Waals surface area contributed by atoms with E-state index in [4.69, 9.17) is 31.3 Å². The number of fused-ring (bicyclic) bond motifs is 3. The number of hydrogen-bond donors (Lipinski definition) is 4. The number of rotatable bonds is 12. The van der Waals surface area contributed by atoms with Gasteiger partial charge in [-0.1, -0.05) is 29.8 Å². The molecule has 16 nitrogen and oxygen atoms in total. The summed E-state index contributed by atoms with van der Waals surface area (Å²) in [5.41, 5.74) is 5.81. The number of amides is 4. The summed E-state index contributed by atoms with van der Waals surface area (Å²) in [5.74, 6) is 0.0461. The monoisotopic (exact) mass is 819 g/mol. The number of nitrogens with one attached hydrogen (secondary N) is 4. The average Bonchev–Trinajstić information content (AvgIpc) is 3.94. The summed E-state index contributed by atoms with van der Waals surface area (Å²) in [5, 5.41) is 8.98. The molecule has 0 aliphatic carbocycles. The second-order valence-electron chi connectivity index (χ2n) is 14.7. The zero-order chi connectivity index (χ0) is 40.6. The van der Waals surface area contributed by atoms with E-state index in [0.29, 0.717) is 120 Å². The van der Waals surface area contributed by atoms with E-state index in [1.54, 1.807) is 46.1 Å². The van der Waals surface area contributed by atoms with E-state index >= 15 is 0 Å². The number of aromatic amines is 1. The molecule has 18 heteroatoms. The molecule has 3 aliphatic heterocycles. The van der Waals surface area contributed by atoms with E-state index in [2.05, 4.69) is 25.9 Å². The van der Waals surface area contributed by atoms with Crippen LogP contribution in [0, 0.1) is 5.82 Å². The first-order chi connectivity index (χ1) is 28.7. The van der Waals surface area contributed by atoms with Crippen molar-refractivity contribution in [2.75, 3.05) is 41.8 Å². The van der Waals surface area contributed by atoms with E-state index in [0.717, 1.165) is 11.1 Å². The average molecular weight is 820 g/mol. The molecule has 2 saturated heterocycles. The number of piperidine rings is 1. The summed E-state index contributed by atoms with van der Waals surface area (Å²) in [6, 6.07) is 14.6. The van der Waals surface area contributed by atoms with Crippen LogP contribution in [-0.2, 0) is 38.6 Å². The number of nitrogens with zero attached hydrogens (tertiary/aromatic N) is 7. The molecule has 9 rings (SSSR count). The predicted octanol–water partition coefficient (Wildman–Crippen LogP) is 5.05. The maximum absolute atomic E-state index is 14.2. The highest BCUT2D eigenvalue weighted by molar-refractivity contribution is 6.34. The van der Waals surface area contributed by atoms with E-state index in [9.17, 15) is 23.6 Å². The van der Waals surface area contributed by atoms with Gasteiger partial charge in [0.1, 0.15) is 24.0 Å². The van der Waals surface area contributed by atoms with E-state index in [-0.39, 0.29) is 42.9 Å². The number of halogens is 2. The number of morpholine rings is 1. The topological polar surface area (TPSA) is 192 Å². The Morgan fingerprint density at radius 2 is 1.86 bits per heavy atom. The molecule has 0 radical (unpaired) electrons. The maximum atomic E-state index is 14.2. The fraction of sp³-hybridized carbons (Fsp3) is 0.317. The SMILES string of the molecule is O=C1CCC(N2Cc3c(CCCCC(=O)Nc4cc5nc(CNc6nc(N7CCOCC7)nc7c6ncn7-c6cccc(F)c6)[nH]c5cc4Cl)cccc3C2=O)C(=O)N1. The number of imide groups is 1. The van der Waals surface area contributed by atoms with E-state index in [1.807, 2.05) is 17.0 Å². The number of anilines is 3. The van der Waals surface area contributed by atoms with Crippen molar-refractivity contribution < 1.29 is 28.3 Å². The Hall–Kier alpha value is -6.46. The first-order valence-corrected chi connectivity index (χ1v) is 19.9. The van der Waals surface area contributed by atoms with Crippen molar-refractivity contribution in [1.29, 1.82) is 0 Å². The Balaban J connectivity index is 0.835. The largest absolute Gasteiger partial charge is 0.378 e. The lowest BCUT2D eigenvalue weighted by Crippen LogP contribution is -2.52. The van der Waals surface area contributed by atoms with Gasteiger partial charge in [0.05, 0.1) is 47.2 Å². The summed E-state index contributed by atoms with van der Waals surface area (Å²) in [4.78, 5) is 76.2. The Kier molecular flexibility index (Phi) is 10.4. The molecule has 6 aromatic rings. The summed E-state index contributed by atoms with van der Waals surface area (Å²) < 4.78 is 21.4. The molecule has 3 aromatic carbocycles. The maximum Gasteiger partial charge on any atom is 0.255 e. The number of imidazole rings is 2. The van der Waals surface area contributed by atoms with Gasteiger partial charge in [-0.2, -0.15) is 9.97 Å². The Labute approximate surface area is 341 Å². The molecule has 0 saturated carbocycles. The lowest BCUT2D eigenvalue weighted by atomic mass is 9.98. The molecule has 1 unspecified atom stereocenters. The predicted molar refractivity (Wildman–Crippen MR) is 217 cm³/mol. The lowest BCUT2D eigenvalue weighted by molar-refractivity contribution is -0.137. The molecule has 1 atom stereocenters. The van der Waals surface area contributed by atoms with Crippen LogP contribution in [0.25, 0.3) is 27.9 Å². The molecule has 302 valence electrons. The van der Waals surface area contributed by atoms with Crippen molar-refractivity contribution in [3.05, 3.63) is 94.3 Å². The second-order valence-corrected chi connectivity index (χ2v) is 15.1. The van der Waals surface area contributed by atoms with Crippen LogP contribution in [0.4, 0.5) is 21.8 Å². The van der Waals surface area contributed by atoms with Gasteiger partial charge in [0, 0.05) is 38.0 Å². The van der Waals surface area contributed by atoms with Gasteiger partial charge in [0.2, 0.25) is 23.7 Å². The number of hydrogen-bond acceptors (Lipinski definition) is 11. The molecule has 3 aliphatic rings. The van der Waals surface area contributed by atoms with Crippen LogP contribution >= 0.6 is 11.6 Å². The van der Waals surface area contributed by atoms with Gasteiger partial charge in [-0.15, -0.1) is 0 Å². The van der Waals surface area contributed by atoms with Gasteiger partial charge >= 0.3 is 0 Å². The Morgan fingerprint density at radius 3 is 2.69 bits per heavy atom. The Morgan fingerprint density at radius 1 is 1.02 bits per heavy atom. The fourth-order valence-electron chi connectivity index (χ4n) is 7.86. The summed E-state index contributed by atoms with van der Waals surface area (Å²) in [6.07, 6.45) is 4.33. The summed E-state index contributed by atoms with van der Waals surface area (Å²) in [6.45, 7) is 2.90. The van der Waals surface area contributed by atoms with E-state index < -0.39 is 11.9 Å². The molecule has 59 heavy (non-hydrogen) atoms. The van der Waals surface area contributed by atoms with Crippen molar-refractivity contribution in [1.82, 2.24) is 39.7 Å². The number of aromatic nitrogens is 6. The minimum Gasteiger partial charge on any atom is -0.378 e. The number of carbonyl (C=O) groups excluding carboxylic acids is 4. The molecule has 4 amide bonds. The van der Waals surface area contributed by atoms with Gasteiger partial charge in [-0.25, -0.2) is 14.4 Å². The molecular weight excluding hydrogens is 781 g/mol. The third-order valence-corrected chi connectivity index (χ3v) is 11.2. The molecule has 6 heterocycles. The number of aryl methyl sites for hydroxylation is 1. The fourth-order valence-corrected chi connectivity index (χ4v) is 8.07. The molecular formula is C41H39ClFN11O5. The van der Waals surface area contributed by atoms with Gasteiger partial charge in [-0.05, 0) is 73.2 Å². The number of unbranched alkanes of at least 4 members (excludes halogenated alkanes) is 1. The van der Waals surface area contributed by atoms with Crippen LogP contribution < -0.4 is 20.9 Å². The number of carbonyl (C=O) groups is 4. The highest BCUT2D eigenvalue weighted by Gasteiger charge is 2.39. The quantitative estimate of drug-likeness (QED) is 0.0955.